The quantitative estimate of drug-likeness (QED) is 0.623. The van der Waals surface area contributed by atoms with E-state index in [9.17, 15) is 14.4 Å². The zero-order valence-electron chi connectivity index (χ0n) is 14.8. The molecule has 2 aromatic rings. The minimum absolute atomic E-state index is 0.117. The van der Waals surface area contributed by atoms with Crippen LogP contribution in [0.4, 0.5) is 4.79 Å². The summed E-state index contributed by atoms with van der Waals surface area (Å²) in [6, 6.07) is 16.6. The fourth-order valence-electron chi connectivity index (χ4n) is 2.89. The maximum Gasteiger partial charge on any atom is 0.408 e. The van der Waals surface area contributed by atoms with Gasteiger partial charge in [-0.15, -0.1) is 0 Å². The third kappa shape index (κ3) is 4.25. The number of carbonyl (C=O) groups is 3. The summed E-state index contributed by atoms with van der Waals surface area (Å²) in [5, 5.41) is 2.53. The standard InChI is InChI=1S/C20H20N2O5/c1-26-19(24)17(15-10-6-3-7-11-15)22-12-16(18(22)23)21-20(25)27-13-14-8-4-2-5-9-14/h2-11,16-17H,12-13H2,1H3,(H,21,25). The number of carbonyl (C=O) groups excluding carboxylic acids is 3. The first-order valence-corrected chi connectivity index (χ1v) is 8.50. The van der Waals surface area contributed by atoms with E-state index in [2.05, 4.69) is 5.32 Å². The number of nitrogens with zero attached hydrogens (tertiary/aromatic N) is 1. The van der Waals surface area contributed by atoms with Gasteiger partial charge in [0.1, 0.15) is 12.6 Å². The van der Waals surface area contributed by atoms with Crippen LogP contribution < -0.4 is 5.32 Å². The largest absolute Gasteiger partial charge is 0.467 e. The summed E-state index contributed by atoms with van der Waals surface area (Å²) < 4.78 is 9.95. The summed E-state index contributed by atoms with van der Waals surface area (Å²) in [6.45, 7) is 0.319. The van der Waals surface area contributed by atoms with Crippen molar-refractivity contribution in [2.75, 3.05) is 13.7 Å². The maximum atomic E-state index is 12.5. The van der Waals surface area contributed by atoms with Crippen molar-refractivity contribution in [2.45, 2.75) is 18.7 Å². The van der Waals surface area contributed by atoms with E-state index in [-0.39, 0.29) is 19.1 Å². The second-order valence-electron chi connectivity index (χ2n) is 6.09. The molecule has 0 spiro atoms. The first-order chi connectivity index (χ1) is 13.1. The molecule has 1 saturated heterocycles. The summed E-state index contributed by atoms with van der Waals surface area (Å²) in [5.74, 6) is -0.884. The van der Waals surface area contributed by atoms with Crippen LogP contribution in [0.25, 0.3) is 0 Å². The van der Waals surface area contributed by atoms with Gasteiger partial charge in [0, 0.05) is 0 Å². The van der Waals surface area contributed by atoms with Crippen LogP contribution in [0.3, 0.4) is 0 Å². The van der Waals surface area contributed by atoms with Crippen LogP contribution in [-0.2, 0) is 25.7 Å². The summed E-state index contributed by atoms with van der Waals surface area (Å²) in [5.41, 5.74) is 1.51. The Balaban J connectivity index is 1.56. The highest BCUT2D eigenvalue weighted by Gasteiger charge is 2.45. The number of methoxy groups -OCH3 is 1. The first kappa shape index (κ1) is 18.4. The number of esters is 1. The second-order valence-corrected chi connectivity index (χ2v) is 6.09. The predicted octanol–water partition coefficient (Wildman–Crippen LogP) is 2.04. The number of likely N-dealkylation sites (tertiary alicyclic amines) is 1. The lowest BCUT2D eigenvalue weighted by Gasteiger charge is -2.42. The van der Waals surface area contributed by atoms with Gasteiger partial charge in [-0.05, 0) is 11.1 Å². The average molecular weight is 368 g/mol. The Morgan fingerprint density at radius 3 is 2.33 bits per heavy atom. The molecule has 1 aliphatic heterocycles. The van der Waals surface area contributed by atoms with E-state index in [1.165, 1.54) is 12.0 Å². The Labute approximate surface area is 156 Å². The molecule has 1 fully saturated rings. The number of hydrogen-bond acceptors (Lipinski definition) is 5. The molecule has 2 unspecified atom stereocenters. The summed E-state index contributed by atoms with van der Waals surface area (Å²) >= 11 is 0. The van der Waals surface area contributed by atoms with Crippen LogP contribution in [0, 0.1) is 0 Å². The van der Waals surface area contributed by atoms with E-state index in [0.29, 0.717) is 5.56 Å². The highest BCUT2D eigenvalue weighted by atomic mass is 16.5. The van der Waals surface area contributed by atoms with Gasteiger partial charge < -0.3 is 19.7 Å². The fourth-order valence-corrected chi connectivity index (χ4v) is 2.89. The summed E-state index contributed by atoms with van der Waals surface area (Å²) in [4.78, 5) is 37.9. The van der Waals surface area contributed by atoms with Crippen molar-refractivity contribution in [3.05, 3.63) is 71.8 Å². The number of nitrogens with one attached hydrogen (secondary N) is 1. The molecule has 7 heteroatoms. The topological polar surface area (TPSA) is 84.9 Å². The van der Waals surface area contributed by atoms with E-state index < -0.39 is 24.1 Å². The van der Waals surface area contributed by atoms with Gasteiger partial charge in [-0.3, -0.25) is 4.79 Å². The predicted molar refractivity (Wildman–Crippen MR) is 96.5 cm³/mol. The van der Waals surface area contributed by atoms with Gasteiger partial charge >= 0.3 is 12.1 Å². The van der Waals surface area contributed by atoms with Crippen molar-refractivity contribution in [1.82, 2.24) is 10.2 Å². The van der Waals surface area contributed by atoms with Gasteiger partial charge in [0.25, 0.3) is 0 Å². The van der Waals surface area contributed by atoms with Crippen molar-refractivity contribution in [3.8, 4) is 0 Å². The van der Waals surface area contributed by atoms with Gasteiger partial charge in [-0.25, -0.2) is 9.59 Å². The first-order valence-electron chi connectivity index (χ1n) is 8.50. The van der Waals surface area contributed by atoms with Crippen molar-refractivity contribution >= 4 is 18.0 Å². The van der Waals surface area contributed by atoms with Gasteiger partial charge in [-0.1, -0.05) is 60.7 Å². The van der Waals surface area contributed by atoms with Gasteiger partial charge in [0.05, 0.1) is 13.7 Å². The molecule has 0 bridgehead atoms. The molecule has 3 rings (SSSR count). The average Bonchev–Trinajstić information content (AvgIpc) is 2.72. The zero-order valence-corrected chi connectivity index (χ0v) is 14.8. The molecule has 7 nitrogen and oxygen atoms in total. The van der Waals surface area contributed by atoms with E-state index in [4.69, 9.17) is 9.47 Å². The Bertz CT molecular complexity index is 810. The van der Waals surface area contributed by atoms with Crippen molar-refractivity contribution < 1.29 is 23.9 Å². The van der Waals surface area contributed by atoms with Crippen molar-refractivity contribution in [3.63, 3.8) is 0 Å². The third-order valence-electron chi connectivity index (χ3n) is 4.32. The number of ether oxygens (including phenoxy) is 2. The molecule has 0 aliphatic carbocycles. The molecule has 0 aromatic heterocycles. The van der Waals surface area contributed by atoms with Crippen LogP contribution in [0.2, 0.25) is 0 Å². The third-order valence-corrected chi connectivity index (χ3v) is 4.32. The number of hydrogen-bond donors (Lipinski definition) is 1. The molecule has 2 aromatic carbocycles. The molecule has 1 heterocycles. The van der Waals surface area contributed by atoms with Crippen molar-refractivity contribution in [2.24, 2.45) is 0 Å². The van der Waals surface area contributed by atoms with Crippen LogP contribution >= 0.6 is 0 Å². The molecule has 2 amide bonds. The van der Waals surface area contributed by atoms with E-state index in [1.54, 1.807) is 24.3 Å². The Morgan fingerprint density at radius 2 is 1.74 bits per heavy atom. The lowest BCUT2D eigenvalue weighted by Crippen LogP contribution is -2.65. The van der Waals surface area contributed by atoms with E-state index in [1.807, 2.05) is 36.4 Å². The van der Waals surface area contributed by atoms with Gasteiger partial charge in [-0.2, -0.15) is 0 Å². The van der Waals surface area contributed by atoms with Gasteiger partial charge in [0.15, 0.2) is 6.04 Å². The molecule has 0 radical (unpaired) electrons. The molecule has 1 aliphatic rings. The number of rotatable bonds is 6. The minimum atomic E-state index is -0.831. The molecule has 2 atom stereocenters. The lowest BCUT2D eigenvalue weighted by molar-refractivity contribution is -0.161. The molecule has 27 heavy (non-hydrogen) atoms. The lowest BCUT2D eigenvalue weighted by atomic mass is 9.98. The highest BCUT2D eigenvalue weighted by molar-refractivity contribution is 5.95. The smallest absolute Gasteiger partial charge is 0.408 e. The normalized spacial score (nSPS) is 16.9. The monoisotopic (exact) mass is 368 g/mol. The van der Waals surface area contributed by atoms with E-state index in [0.717, 1.165) is 5.56 Å². The second kappa shape index (κ2) is 8.35. The number of β-lactam (4-membered cyclic amide) rings is 1. The molecule has 140 valence electrons. The number of amides is 2. The van der Waals surface area contributed by atoms with Crippen LogP contribution in [0.15, 0.2) is 60.7 Å². The van der Waals surface area contributed by atoms with Crippen LogP contribution in [-0.4, -0.2) is 42.6 Å². The van der Waals surface area contributed by atoms with Crippen molar-refractivity contribution in [1.29, 1.82) is 0 Å². The Hall–Kier alpha value is -3.35. The van der Waals surface area contributed by atoms with Crippen LogP contribution in [0.1, 0.15) is 17.2 Å². The highest BCUT2D eigenvalue weighted by Crippen LogP contribution is 2.28. The summed E-state index contributed by atoms with van der Waals surface area (Å²) in [6.07, 6.45) is -0.675. The van der Waals surface area contributed by atoms with E-state index >= 15 is 0 Å². The molecular formula is C20H20N2O5. The maximum absolute atomic E-state index is 12.5. The molecule has 0 saturated carbocycles. The SMILES string of the molecule is COC(=O)C(c1ccccc1)N1CC(NC(=O)OCc2ccccc2)C1=O. The summed E-state index contributed by atoms with van der Waals surface area (Å²) in [7, 11) is 1.28. The number of alkyl carbamates (subject to hydrolysis) is 1. The zero-order chi connectivity index (χ0) is 19.2. The molecule has 1 N–H and O–H groups in total. The van der Waals surface area contributed by atoms with Crippen LogP contribution in [0.5, 0.6) is 0 Å². The molecular weight excluding hydrogens is 348 g/mol. The van der Waals surface area contributed by atoms with Gasteiger partial charge in [0.2, 0.25) is 5.91 Å². The Morgan fingerprint density at radius 1 is 1.11 bits per heavy atom. The minimum Gasteiger partial charge on any atom is -0.467 e. The fraction of sp³-hybridized carbons (Fsp3) is 0.250. The number of benzene rings is 2. The Kier molecular flexibility index (Phi) is 5.71.